The van der Waals surface area contributed by atoms with Crippen LogP contribution in [0.2, 0.25) is 0 Å². The quantitative estimate of drug-likeness (QED) is 0.582. The monoisotopic (exact) mass is 269 g/mol. The second kappa shape index (κ2) is 9.77. The topological polar surface area (TPSA) is 21.3 Å². The average molecular weight is 269 g/mol. The van der Waals surface area contributed by atoms with E-state index in [9.17, 15) is 0 Å². The fourth-order valence-electron chi connectivity index (χ4n) is 3.12. The summed E-state index contributed by atoms with van der Waals surface area (Å²) in [5.41, 5.74) is 0.0815. The largest absolute Gasteiger partial charge is 0.374 e. The van der Waals surface area contributed by atoms with Gasteiger partial charge in [0.25, 0.3) is 0 Å². The summed E-state index contributed by atoms with van der Waals surface area (Å²) in [6, 6.07) is 0.550. The Morgan fingerprint density at radius 1 is 1.05 bits per heavy atom. The van der Waals surface area contributed by atoms with E-state index < -0.39 is 0 Å². The lowest BCUT2D eigenvalue weighted by Gasteiger charge is -2.41. The molecule has 114 valence electrons. The molecule has 1 fully saturated rings. The molecule has 0 radical (unpaired) electrons. The van der Waals surface area contributed by atoms with Crippen molar-refractivity contribution in [1.82, 2.24) is 5.32 Å². The third-order valence-electron chi connectivity index (χ3n) is 4.47. The van der Waals surface area contributed by atoms with Gasteiger partial charge in [0.15, 0.2) is 0 Å². The highest BCUT2D eigenvalue weighted by Gasteiger charge is 2.35. The molecule has 0 aromatic rings. The van der Waals surface area contributed by atoms with E-state index >= 15 is 0 Å². The number of rotatable bonds is 10. The first-order valence-corrected chi connectivity index (χ1v) is 8.60. The summed E-state index contributed by atoms with van der Waals surface area (Å²) in [5, 5.41) is 3.75. The standard InChI is InChI=1S/C17H35NO/c1-4-6-7-8-9-12-16(18-14-5-2)17(3)13-10-11-15-19-17/h16,18H,4-15H2,1-3H3. The Kier molecular flexibility index (Phi) is 8.72. The zero-order valence-corrected chi connectivity index (χ0v) is 13.5. The Balaban J connectivity index is 2.36. The minimum Gasteiger partial charge on any atom is -0.374 e. The van der Waals surface area contributed by atoms with Crippen LogP contribution in [0.15, 0.2) is 0 Å². The highest BCUT2D eigenvalue weighted by atomic mass is 16.5. The van der Waals surface area contributed by atoms with Crippen molar-refractivity contribution in [3.63, 3.8) is 0 Å². The normalized spacial score (nSPS) is 25.4. The number of hydrogen-bond donors (Lipinski definition) is 1. The van der Waals surface area contributed by atoms with Crippen molar-refractivity contribution in [1.29, 1.82) is 0 Å². The average Bonchev–Trinajstić information content (AvgIpc) is 2.42. The van der Waals surface area contributed by atoms with Crippen LogP contribution in [0.3, 0.4) is 0 Å². The summed E-state index contributed by atoms with van der Waals surface area (Å²) in [7, 11) is 0. The van der Waals surface area contributed by atoms with Crippen molar-refractivity contribution in [3.8, 4) is 0 Å². The van der Waals surface area contributed by atoms with Gasteiger partial charge in [0, 0.05) is 12.6 Å². The maximum Gasteiger partial charge on any atom is 0.0806 e. The smallest absolute Gasteiger partial charge is 0.0806 e. The molecule has 1 rings (SSSR count). The summed E-state index contributed by atoms with van der Waals surface area (Å²) in [6.07, 6.45) is 13.1. The number of ether oxygens (including phenoxy) is 1. The van der Waals surface area contributed by atoms with Gasteiger partial charge in [-0.3, -0.25) is 0 Å². The summed E-state index contributed by atoms with van der Waals surface area (Å²) in [6.45, 7) is 8.93. The lowest BCUT2D eigenvalue weighted by Crippen LogP contribution is -2.52. The number of hydrogen-bond acceptors (Lipinski definition) is 2. The van der Waals surface area contributed by atoms with Crippen LogP contribution in [-0.4, -0.2) is 24.8 Å². The van der Waals surface area contributed by atoms with E-state index in [1.807, 2.05) is 0 Å². The van der Waals surface area contributed by atoms with Crippen molar-refractivity contribution in [3.05, 3.63) is 0 Å². The van der Waals surface area contributed by atoms with E-state index in [1.54, 1.807) is 0 Å². The molecule has 2 atom stereocenters. The molecule has 0 aromatic carbocycles. The fourth-order valence-corrected chi connectivity index (χ4v) is 3.12. The summed E-state index contributed by atoms with van der Waals surface area (Å²) >= 11 is 0. The van der Waals surface area contributed by atoms with Gasteiger partial charge in [-0.25, -0.2) is 0 Å². The van der Waals surface area contributed by atoms with Crippen LogP contribution in [0.1, 0.15) is 85.0 Å². The Bertz CT molecular complexity index is 211. The molecule has 1 aliphatic rings. The molecule has 1 saturated heterocycles. The van der Waals surface area contributed by atoms with Crippen LogP contribution in [0.5, 0.6) is 0 Å². The molecule has 1 heterocycles. The fraction of sp³-hybridized carbons (Fsp3) is 1.00. The Hall–Kier alpha value is -0.0800. The first kappa shape index (κ1) is 17.0. The van der Waals surface area contributed by atoms with Gasteiger partial charge in [0.05, 0.1) is 5.60 Å². The maximum atomic E-state index is 6.14. The Labute approximate surface area is 120 Å². The molecule has 0 bridgehead atoms. The predicted molar refractivity (Wildman–Crippen MR) is 83.7 cm³/mol. The zero-order chi connectivity index (χ0) is 14.0. The lowest BCUT2D eigenvalue weighted by atomic mass is 9.85. The van der Waals surface area contributed by atoms with Gasteiger partial charge in [0.2, 0.25) is 0 Å². The van der Waals surface area contributed by atoms with Crippen LogP contribution >= 0.6 is 0 Å². The third kappa shape index (κ3) is 6.27. The summed E-state index contributed by atoms with van der Waals surface area (Å²) in [5.74, 6) is 0. The van der Waals surface area contributed by atoms with E-state index in [0.717, 1.165) is 13.2 Å². The van der Waals surface area contributed by atoms with Crippen LogP contribution in [0.4, 0.5) is 0 Å². The Morgan fingerprint density at radius 2 is 1.84 bits per heavy atom. The van der Waals surface area contributed by atoms with Crippen LogP contribution < -0.4 is 5.32 Å². The first-order chi connectivity index (χ1) is 9.23. The van der Waals surface area contributed by atoms with Crippen LogP contribution in [0.25, 0.3) is 0 Å². The highest BCUT2D eigenvalue weighted by Crippen LogP contribution is 2.30. The molecule has 0 saturated carbocycles. The van der Waals surface area contributed by atoms with Crippen LogP contribution in [-0.2, 0) is 4.74 Å². The van der Waals surface area contributed by atoms with Gasteiger partial charge in [-0.1, -0.05) is 46.0 Å². The molecule has 0 amide bonds. The van der Waals surface area contributed by atoms with E-state index in [0.29, 0.717) is 6.04 Å². The summed E-state index contributed by atoms with van der Waals surface area (Å²) in [4.78, 5) is 0. The van der Waals surface area contributed by atoms with E-state index in [2.05, 4.69) is 26.1 Å². The number of nitrogens with one attached hydrogen (secondary N) is 1. The molecule has 2 nitrogen and oxygen atoms in total. The first-order valence-electron chi connectivity index (χ1n) is 8.60. The van der Waals surface area contributed by atoms with Gasteiger partial charge in [0.1, 0.15) is 0 Å². The van der Waals surface area contributed by atoms with Crippen molar-refractivity contribution in [2.75, 3.05) is 13.2 Å². The van der Waals surface area contributed by atoms with E-state index in [1.165, 1.54) is 64.2 Å². The maximum absolute atomic E-state index is 6.14. The van der Waals surface area contributed by atoms with Gasteiger partial charge >= 0.3 is 0 Å². The van der Waals surface area contributed by atoms with Crippen molar-refractivity contribution < 1.29 is 4.74 Å². The molecular weight excluding hydrogens is 234 g/mol. The molecule has 0 aliphatic carbocycles. The zero-order valence-electron chi connectivity index (χ0n) is 13.5. The SMILES string of the molecule is CCCCCCCC(NCCC)C1(C)CCCCO1. The van der Waals surface area contributed by atoms with Gasteiger partial charge in [-0.15, -0.1) is 0 Å². The van der Waals surface area contributed by atoms with Crippen molar-refractivity contribution in [2.24, 2.45) is 0 Å². The molecule has 1 N–H and O–H groups in total. The highest BCUT2D eigenvalue weighted by molar-refractivity contribution is 4.91. The number of unbranched alkanes of at least 4 members (excludes halogenated alkanes) is 4. The van der Waals surface area contributed by atoms with Crippen LogP contribution in [0, 0.1) is 0 Å². The minimum atomic E-state index is 0.0815. The van der Waals surface area contributed by atoms with Gasteiger partial charge in [-0.05, 0) is 45.6 Å². The van der Waals surface area contributed by atoms with Gasteiger partial charge in [-0.2, -0.15) is 0 Å². The predicted octanol–water partition coefficient (Wildman–Crippen LogP) is 4.67. The van der Waals surface area contributed by atoms with Gasteiger partial charge < -0.3 is 10.1 Å². The molecule has 19 heavy (non-hydrogen) atoms. The molecular formula is C17H35NO. The van der Waals surface area contributed by atoms with Crippen molar-refractivity contribution in [2.45, 2.75) is 96.6 Å². The van der Waals surface area contributed by atoms with E-state index in [4.69, 9.17) is 4.74 Å². The molecule has 0 spiro atoms. The molecule has 0 aromatic heterocycles. The Morgan fingerprint density at radius 3 is 2.47 bits per heavy atom. The molecule has 1 aliphatic heterocycles. The minimum absolute atomic E-state index is 0.0815. The molecule has 2 unspecified atom stereocenters. The van der Waals surface area contributed by atoms with E-state index in [-0.39, 0.29) is 5.60 Å². The van der Waals surface area contributed by atoms with Crippen molar-refractivity contribution >= 4 is 0 Å². The lowest BCUT2D eigenvalue weighted by molar-refractivity contribution is -0.0903. The molecule has 2 heteroatoms. The second-order valence-corrected chi connectivity index (χ2v) is 6.33. The summed E-state index contributed by atoms with van der Waals surface area (Å²) < 4.78 is 6.14. The second-order valence-electron chi connectivity index (χ2n) is 6.33. The third-order valence-corrected chi connectivity index (χ3v) is 4.47.